The van der Waals surface area contributed by atoms with E-state index in [9.17, 15) is 4.79 Å². The third-order valence-corrected chi connectivity index (χ3v) is 4.82. The second kappa shape index (κ2) is 11.4. The van der Waals surface area contributed by atoms with Crippen LogP contribution >= 0.6 is 28.3 Å². The Kier molecular flexibility index (Phi) is 8.89. The molecule has 0 bridgehead atoms. The van der Waals surface area contributed by atoms with Crippen molar-refractivity contribution in [2.24, 2.45) is 0 Å². The van der Waals surface area contributed by atoms with Crippen LogP contribution < -0.4 is 24.8 Å². The maximum Gasteiger partial charge on any atom is 0.229 e. The van der Waals surface area contributed by atoms with Crippen molar-refractivity contribution in [1.82, 2.24) is 9.97 Å². The number of para-hydroxylation sites is 1. The van der Waals surface area contributed by atoms with Gasteiger partial charge in [-0.25, -0.2) is 4.98 Å². The molecule has 1 heterocycles. The normalized spacial score (nSPS) is 9.94. The fraction of sp³-hybridized carbons (Fsp3) is 0.190. The summed E-state index contributed by atoms with van der Waals surface area (Å²) in [7, 11) is 4.65. The maximum absolute atomic E-state index is 11.0. The Bertz CT molecular complexity index is 1030. The lowest BCUT2D eigenvalue weighted by Gasteiger charge is -2.15. The topological polar surface area (TPSA) is 94.6 Å². The smallest absolute Gasteiger partial charge is 0.229 e. The summed E-state index contributed by atoms with van der Waals surface area (Å²) in [6.07, 6.45) is 2.81. The SMILES string of the molecule is COc1cc(Nc2ncc(Br)c(Nc3ccccc3CC=O)n2)cc(OC)c1OC.Cl. The Morgan fingerprint density at radius 2 is 1.71 bits per heavy atom. The van der Waals surface area contributed by atoms with Crippen molar-refractivity contribution in [3.63, 3.8) is 0 Å². The number of aldehydes is 1. The molecule has 0 aliphatic carbocycles. The predicted octanol–water partition coefficient (Wildman–Crippen LogP) is 4.92. The quantitative estimate of drug-likeness (QED) is 0.393. The Balaban J connectivity index is 0.00000341. The number of nitrogens with one attached hydrogen (secondary N) is 2. The second-order valence-corrected chi connectivity index (χ2v) is 6.94. The zero-order chi connectivity index (χ0) is 21.5. The Morgan fingerprint density at radius 1 is 1.03 bits per heavy atom. The standard InChI is InChI=1S/C21H21BrN4O4.ClH/c1-28-17-10-14(11-18(29-2)19(17)30-3)24-21-23-12-15(22)20(26-21)25-16-7-5-4-6-13(16)8-9-27;/h4-7,9-12H,8H2,1-3H3,(H2,23,24,25,26);1H. The molecular formula is C21H22BrClN4O4. The molecule has 0 aliphatic rings. The molecule has 0 radical (unpaired) electrons. The van der Waals surface area contributed by atoms with Gasteiger partial charge in [0.15, 0.2) is 11.5 Å². The molecule has 0 aliphatic heterocycles. The van der Waals surface area contributed by atoms with Gasteiger partial charge in [0, 0.05) is 36.1 Å². The summed E-state index contributed by atoms with van der Waals surface area (Å²) in [5.74, 6) is 2.44. The molecule has 164 valence electrons. The molecule has 3 rings (SSSR count). The first-order valence-corrected chi connectivity index (χ1v) is 9.77. The number of carbonyl (C=O) groups excluding carboxylic acids is 1. The number of nitrogens with zero attached hydrogens (tertiary/aromatic N) is 2. The van der Waals surface area contributed by atoms with Gasteiger partial charge in [-0.3, -0.25) is 0 Å². The van der Waals surface area contributed by atoms with Crippen molar-refractivity contribution in [2.75, 3.05) is 32.0 Å². The summed E-state index contributed by atoms with van der Waals surface area (Å²) in [5, 5.41) is 6.39. The number of hydrogen-bond acceptors (Lipinski definition) is 8. The molecule has 3 aromatic rings. The lowest BCUT2D eigenvalue weighted by molar-refractivity contribution is -0.107. The first-order valence-electron chi connectivity index (χ1n) is 8.97. The molecule has 31 heavy (non-hydrogen) atoms. The van der Waals surface area contributed by atoms with Crippen molar-refractivity contribution in [2.45, 2.75) is 6.42 Å². The third kappa shape index (κ3) is 5.77. The van der Waals surface area contributed by atoms with Crippen LogP contribution in [0.1, 0.15) is 5.56 Å². The minimum absolute atomic E-state index is 0. The largest absolute Gasteiger partial charge is 0.493 e. The summed E-state index contributed by atoms with van der Waals surface area (Å²) in [6.45, 7) is 0. The van der Waals surface area contributed by atoms with Crippen LogP contribution in [-0.2, 0) is 11.2 Å². The van der Waals surface area contributed by atoms with Gasteiger partial charge in [0.1, 0.15) is 12.1 Å². The first kappa shape index (κ1) is 24.2. The highest BCUT2D eigenvalue weighted by molar-refractivity contribution is 9.10. The minimum atomic E-state index is 0. The van der Waals surface area contributed by atoms with E-state index < -0.39 is 0 Å². The van der Waals surface area contributed by atoms with Crippen LogP contribution in [0.2, 0.25) is 0 Å². The first-order chi connectivity index (χ1) is 14.6. The van der Waals surface area contributed by atoms with E-state index in [0.29, 0.717) is 45.6 Å². The molecule has 0 atom stereocenters. The number of hydrogen-bond donors (Lipinski definition) is 2. The number of aromatic nitrogens is 2. The Hall–Kier alpha value is -3.04. The van der Waals surface area contributed by atoms with E-state index in [-0.39, 0.29) is 12.4 Å². The van der Waals surface area contributed by atoms with E-state index in [1.807, 2.05) is 24.3 Å². The molecule has 2 N–H and O–H groups in total. The molecule has 0 saturated heterocycles. The highest BCUT2D eigenvalue weighted by Gasteiger charge is 2.14. The van der Waals surface area contributed by atoms with Crippen LogP contribution in [0.25, 0.3) is 0 Å². The van der Waals surface area contributed by atoms with E-state index in [2.05, 4.69) is 36.5 Å². The highest BCUT2D eigenvalue weighted by Crippen LogP contribution is 2.40. The van der Waals surface area contributed by atoms with E-state index in [4.69, 9.17) is 14.2 Å². The number of anilines is 4. The van der Waals surface area contributed by atoms with Crippen LogP contribution in [0, 0.1) is 0 Å². The minimum Gasteiger partial charge on any atom is -0.493 e. The van der Waals surface area contributed by atoms with Crippen molar-refractivity contribution in [3.05, 3.63) is 52.6 Å². The zero-order valence-electron chi connectivity index (χ0n) is 17.1. The molecule has 0 saturated carbocycles. The summed E-state index contributed by atoms with van der Waals surface area (Å²) in [4.78, 5) is 19.8. The van der Waals surface area contributed by atoms with Gasteiger partial charge in [0.2, 0.25) is 11.7 Å². The van der Waals surface area contributed by atoms with Gasteiger partial charge in [0.05, 0.1) is 25.8 Å². The van der Waals surface area contributed by atoms with Gasteiger partial charge in [-0.1, -0.05) is 18.2 Å². The Morgan fingerprint density at radius 3 is 2.32 bits per heavy atom. The molecule has 0 amide bonds. The Labute approximate surface area is 194 Å². The maximum atomic E-state index is 11.0. The van der Waals surface area contributed by atoms with Crippen LogP contribution in [-0.4, -0.2) is 37.6 Å². The summed E-state index contributed by atoms with van der Waals surface area (Å²) >= 11 is 3.46. The van der Waals surface area contributed by atoms with E-state index in [1.54, 1.807) is 39.7 Å². The third-order valence-electron chi connectivity index (χ3n) is 4.24. The van der Waals surface area contributed by atoms with Gasteiger partial charge in [-0.05, 0) is 27.6 Å². The molecule has 0 unspecified atom stereocenters. The average Bonchev–Trinajstić information content (AvgIpc) is 2.76. The lowest BCUT2D eigenvalue weighted by Crippen LogP contribution is -2.04. The van der Waals surface area contributed by atoms with Crippen LogP contribution in [0.5, 0.6) is 17.2 Å². The van der Waals surface area contributed by atoms with Gasteiger partial charge in [-0.2, -0.15) is 4.98 Å². The van der Waals surface area contributed by atoms with Crippen molar-refractivity contribution >= 4 is 57.8 Å². The van der Waals surface area contributed by atoms with Crippen LogP contribution in [0.15, 0.2) is 47.1 Å². The molecule has 0 fully saturated rings. The zero-order valence-corrected chi connectivity index (χ0v) is 19.5. The fourth-order valence-corrected chi connectivity index (χ4v) is 3.13. The van der Waals surface area contributed by atoms with Crippen molar-refractivity contribution in [1.29, 1.82) is 0 Å². The van der Waals surface area contributed by atoms with E-state index in [0.717, 1.165) is 17.5 Å². The lowest BCUT2D eigenvalue weighted by atomic mass is 10.1. The van der Waals surface area contributed by atoms with Crippen molar-refractivity contribution < 1.29 is 19.0 Å². The number of methoxy groups -OCH3 is 3. The average molecular weight is 510 g/mol. The molecule has 8 nitrogen and oxygen atoms in total. The van der Waals surface area contributed by atoms with E-state index >= 15 is 0 Å². The van der Waals surface area contributed by atoms with E-state index in [1.165, 1.54) is 0 Å². The second-order valence-electron chi connectivity index (χ2n) is 6.08. The molecule has 10 heteroatoms. The highest BCUT2D eigenvalue weighted by atomic mass is 79.9. The van der Waals surface area contributed by atoms with Gasteiger partial charge in [-0.15, -0.1) is 12.4 Å². The molecule has 0 spiro atoms. The predicted molar refractivity (Wildman–Crippen MR) is 126 cm³/mol. The molecule has 2 aromatic carbocycles. The number of ether oxygens (including phenoxy) is 3. The van der Waals surface area contributed by atoms with Gasteiger partial charge < -0.3 is 29.6 Å². The molecule has 1 aromatic heterocycles. The number of carbonyl (C=O) groups is 1. The number of rotatable bonds is 9. The van der Waals surface area contributed by atoms with Crippen LogP contribution in [0.4, 0.5) is 23.1 Å². The summed E-state index contributed by atoms with van der Waals surface area (Å²) < 4.78 is 16.8. The monoisotopic (exact) mass is 508 g/mol. The van der Waals surface area contributed by atoms with Gasteiger partial charge in [0.25, 0.3) is 0 Å². The fourth-order valence-electron chi connectivity index (χ4n) is 2.83. The van der Waals surface area contributed by atoms with Crippen molar-refractivity contribution in [3.8, 4) is 17.2 Å². The van der Waals surface area contributed by atoms with Crippen LogP contribution in [0.3, 0.4) is 0 Å². The molecular weight excluding hydrogens is 488 g/mol. The number of halogens is 2. The summed E-state index contributed by atoms with van der Waals surface area (Å²) in [6, 6.07) is 11.1. The number of benzene rings is 2. The summed E-state index contributed by atoms with van der Waals surface area (Å²) in [5.41, 5.74) is 2.33. The van der Waals surface area contributed by atoms with Gasteiger partial charge >= 0.3 is 0 Å².